The molecule has 1 aromatic rings. The van der Waals surface area contributed by atoms with Crippen LogP contribution in [0, 0.1) is 0 Å². The molecule has 1 aliphatic rings. The molecular weight excluding hydrogens is 130 g/mol. The number of nitrogens with zero attached hydrogens (tertiary/aromatic N) is 3. The lowest BCUT2D eigenvalue weighted by Gasteiger charge is -2.05. The predicted molar refractivity (Wildman–Crippen MR) is 36.2 cm³/mol. The van der Waals surface area contributed by atoms with Gasteiger partial charge in [0.05, 0.1) is 6.54 Å². The Morgan fingerprint density at radius 2 is 2.70 bits per heavy atom. The van der Waals surface area contributed by atoms with Crippen LogP contribution in [0.4, 0.5) is 5.82 Å². The fourth-order valence-electron chi connectivity index (χ4n) is 0.847. The molecule has 0 aliphatic carbocycles. The van der Waals surface area contributed by atoms with Crippen LogP contribution in [0.2, 0.25) is 0 Å². The highest BCUT2D eigenvalue weighted by atomic mass is 16.5. The maximum Gasteiger partial charge on any atom is 0.177 e. The van der Waals surface area contributed by atoms with Crippen LogP contribution in [0.3, 0.4) is 0 Å². The third kappa shape index (κ3) is 0.775. The van der Waals surface area contributed by atoms with Gasteiger partial charge < -0.3 is 9.42 Å². The molecule has 1 radical (unpaired) electrons. The number of rotatable bonds is 1. The lowest BCUT2D eigenvalue weighted by Crippen LogP contribution is -2.18. The summed E-state index contributed by atoms with van der Waals surface area (Å²) >= 11 is 0. The van der Waals surface area contributed by atoms with E-state index in [9.17, 15) is 0 Å². The molecular formula is C6H6N3O. The molecule has 0 aromatic carbocycles. The molecule has 0 atom stereocenters. The van der Waals surface area contributed by atoms with Crippen LogP contribution in [0.15, 0.2) is 21.8 Å². The number of hydrogen-bond acceptors (Lipinski definition) is 4. The highest BCUT2D eigenvalue weighted by Crippen LogP contribution is 2.09. The van der Waals surface area contributed by atoms with Gasteiger partial charge in [-0.2, -0.15) is 0 Å². The second-order valence-corrected chi connectivity index (χ2v) is 1.99. The average molecular weight is 136 g/mol. The van der Waals surface area contributed by atoms with Crippen molar-refractivity contribution >= 4 is 12.2 Å². The monoisotopic (exact) mass is 136 g/mol. The van der Waals surface area contributed by atoms with Crippen LogP contribution in [0.25, 0.3) is 0 Å². The maximum absolute atomic E-state index is 4.65. The van der Waals surface area contributed by atoms with E-state index in [0.29, 0.717) is 0 Å². The Kier molecular flexibility index (Phi) is 1.16. The van der Waals surface area contributed by atoms with E-state index in [1.807, 2.05) is 4.90 Å². The molecule has 0 saturated heterocycles. The Morgan fingerprint density at radius 3 is 3.30 bits per heavy atom. The lowest BCUT2D eigenvalue weighted by atomic mass is 10.5. The summed E-state index contributed by atoms with van der Waals surface area (Å²) in [5, 5.41) is 3.73. The normalized spacial score (nSPS) is 16.6. The summed E-state index contributed by atoms with van der Waals surface area (Å²) < 4.78 is 4.65. The Labute approximate surface area is 58.1 Å². The molecule has 0 N–H and O–H groups in total. The van der Waals surface area contributed by atoms with Crippen molar-refractivity contribution in [1.29, 1.82) is 0 Å². The van der Waals surface area contributed by atoms with Crippen LogP contribution >= 0.6 is 0 Å². The fourth-order valence-corrected chi connectivity index (χ4v) is 0.847. The van der Waals surface area contributed by atoms with Crippen LogP contribution < -0.4 is 4.90 Å². The zero-order valence-corrected chi connectivity index (χ0v) is 5.32. The van der Waals surface area contributed by atoms with Crippen molar-refractivity contribution in [3.8, 4) is 0 Å². The fraction of sp³-hybridized carbons (Fsp3) is 0.333. The van der Waals surface area contributed by atoms with Gasteiger partial charge in [-0.1, -0.05) is 5.16 Å². The van der Waals surface area contributed by atoms with E-state index in [1.165, 1.54) is 6.26 Å². The number of hydrogen-bond donors (Lipinski definition) is 0. The Bertz CT molecular complexity index is 229. The van der Waals surface area contributed by atoms with Gasteiger partial charge in [-0.05, 0) is 0 Å². The van der Waals surface area contributed by atoms with Crippen molar-refractivity contribution < 1.29 is 4.52 Å². The average Bonchev–Trinajstić information content (AvgIpc) is 2.59. The SMILES string of the molecule is [C]1=NCCN1c1ccon1. The van der Waals surface area contributed by atoms with Gasteiger partial charge in [0.2, 0.25) is 0 Å². The molecule has 0 bridgehead atoms. The van der Waals surface area contributed by atoms with E-state index < -0.39 is 0 Å². The van der Waals surface area contributed by atoms with Crippen molar-refractivity contribution in [2.45, 2.75) is 0 Å². The second kappa shape index (κ2) is 2.13. The van der Waals surface area contributed by atoms with Crippen molar-refractivity contribution in [3.05, 3.63) is 12.3 Å². The first-order valence-electron chi connectivity index (χ1n) is 3.07. The molecule has 2 heterocycles. The third-order valence-corrected chi connectivity index (χ3v) is 1.33. The van der Waals surface area contributed by atoms with Crippen molar-refractivity contribution in [3.63, 3.8) is 0 Å². The zero-order chi connectivity index (χ0) is 6.81. The molecule has 0 amide bonds. The van der Waals surface area contributed by atoms with Gasteiger partial charge in [0, 0.05) is 12.6 Å². The van der Waals surface area contributed by atoms with Crippen LogP contribution in [0.5, 0.6) is 0 Å². The van der Waals surface area contributed by atoms with E-state index in [1.54, 1.807) is 6.07 Å². The molecule has 0 unspecified atom stereocenters. The van der Waals surface area contributed by atoms with E-state index >= 15 is 0 Å². The number of anilines is 1. The molecule has 1 aliphatic heterocycles. The number of aromatic nitrogens is 1. The summed E-state index contributed by atoms with van der Waals surface area (Å²) in [6, 6.07) is 1.79. The molecule has 0 fully saturated rings. The van der Waals surface area contributed by atoms with Gasteiger partial charge in [-0.3, -0.25) is 4.99 Å². The molecule has 0 spiro atoms. The van der Waals surface area contributed by atoms with Gasteiger partial charge >= 0.3 is 0 Å². The molecule has 2 rings (SSSR count). The zero-order valence-electron chi connectivity index (χ0n) is 5.32. The van der Waals surface area contributed by atoms with Crippen molar-refractivity contribution in [2.75, 3.05) is 18.0 Å². The molecule has 1 aromatic heterocycles. The minimum absolute atomic E-state index is 0.779. The predicted octanol–water partition coefficient (Wildman–Crippen LogP) is 0.400. The summed E-state index contributed by atoms with van der Waals surface area (Å²) in [4.78, 5) is 5.74. The Morgan fingerprint density at radius 1 is 1.70 bits per heavy atom. The van der Waals surface area contributed by atoms with E-state index in [-0.39, 0.29) is 0 Å². The molecule has 10 heavy (non-hydrogen) atoms. The van der Waals surface area contributed by atoms with Crippen LogP contribution in [-0.2, 0) is 0 Å². The van der Waals surface area contributed by atoms with Crippen LogP contribution in [-0.4, -0.2) is 24.6 Å². The molecule has 51 valence electrons. The summed E-state index contributed by atoms with van der Waals surface area (Å²) in [5.41, 5.74) is 0. The number of aliphatic imine (C=N–C) groups is 1. The molecule has 4 heteroatoms. The van der Waals surface area contributed by atoms with Crippen molar-refractivity contribution in [1.82, 2.24) is 5.16 Å². The summed E-state index contributed by atoms with van der Waals surface area (Å²) in [5.74, 6) is 0.779. The summed E-state index contributed by atoms with van der Waals surface area (Å²) in [6.45, 7) is 1.65. The first kappa shape index (κ1) is 5.46. The Hall–Kier alpha value is -1.32. The van der Waals surface area contributed by atoms with Gasteiger partial charge in [0.25, 0.3) is 0 Å². The smallest absolute Gasteiger partial charge is 0.177 e. The summed E-state index contributed by atoms with van der Waals surface area (Å²) in [6.07, 6.45) is 4.33. The highest BCUT2D eigenvalue weighted by Gasteiger charge is 2.10. The van der Waals surface area contributed by atoms with Crippen molar-refractivity contribution in [2.24, 2.45) is 4.99 Å². The minimum atomic E-state index is 0.779. The first-order valence-corrected chi connectivity index (χ1v) is 3.07. The quantitative estimate of drug-likeness (QED) is 0.561. The van der Waals surface area contributed by atoms with Crippen LogP contribution in [0.1, 0.15) is 0 Å². The maximum atomic E-state index is 4.65. The van der Waals surface area contributed by atoms with E-state index in [0.717, 1.165) is 18.9 Å². The van der Waals surface area contributed by atoms with Gasteiger partial charge in [-0.25, -0.2) is 0 Å². The lowest BCUT2D eigenvalue weighted by molar-refractivity contribution is 0.421. The minimum Gasteiger partial charge on any atom is -0.363 e. The Balaban J connectivity index is 2.20. The van der Waals surface area contributed by atoms with E-state index in [2.05, 4.69) is 21.0 Å². The largest absolute Gasteiger partial charge is 0.363 e. The first-order chi connectivity index (χ1) is 4.97. The van der Waals surface area contributed by atoms with E-state index in [4.69, 9.17) is 0 Å². The standard InChI is InChI=1S/C6H6N3O/c1-4-10-8-6(1)9-3-2-7-5-9/h1,4H,2-3H2. The van der Waals surface area contributed by atoms with Gasteiger partial charge in [-0.15, -0.1) is 0 Å². The topological polar surface area (TPSA) is 41.6 Å². The van der Waals surface area contributed by atoms with Gasteiger partial charge in [0.1, 0.15) is 6.26 Å². The second-order valence-electron chi connectivity index (χ2n) is 1.99. The molecule has 0 saturated carbocycles. The third-order valence-electron chi connectivity index (χ3n) is 1.33. The highest BCUT2D eigenvalue weighted by molar-refractivity contribution is 5.78. The molecule has 4 nitrogen and oxygen atoms in total. The van der Waals surface area contributed by atoms with Gasteiger partial charge in [0.15, 0.2) is 12.2 Å². The summed E-state index contributed by atoms with van der Waals surface area (Å²) in [7, 11) is 0.